The van der Waals surface area contributed by atoms with E-state index >= 15 is 0 Å². The number of carbonyl (C=O) groups excluding carboxylic acids is 1. The first kappa shape index (κ1) is 14.9. The molecule has 1 aromatic carbocycles. The number of hydrogen-bond donors (Lipinski definition) is 2. The molecule has 0 radical (unpaired) electrons. The maximum Gasteiger partial charge on any atom is 0.253 e. The lowest BCUT2D eigenvalue weighted by Gasteiger charge is -2.14. The van der Waals surface area contributed by atoms with Crippen LogP contribution in [-0.4, -0.2) is 13.0 Å². The van der Waals surface area contributed by atoms with Crippen LogP contribution in [0.4, 0.5) is 5.69 Å². The van der Waals surface area contributed by atoms with E-state index in [-0.39, 0.29) is 11.9 Å². The molecule has 0 fully saturated rings. The molecular weight excluding hydrogens is 292 g/mol. The minimum Gasteiger partial charge on any atom is -0.387 e. The summed E-state index contributed by atoms with van der Waals surface area (Å²) in [5, 5.41) is 6.55. The van der Waals surface area contributed by atoms with Crippen molar-refractivity contribution in [2.75, 3.05) is 12.4 Å². The molecule has 2 aromatic rings. The summed E-state index contributed by atoms with van der Waals surface area (Å²) >= 11 is 7.66. The molecular formula is C15H17ClN2OS. The van der Waals surface area contributed by atoms with Gasteiger partial charge in [-0.3, -0.25) is 4.79 Å². The molecule has 1 amide bonds. The summed E-state index contributed by atoms with van der Waals surface area (Å²) in [5.41, 5.74) is 1.32. The smallest absolute Gasteiger partial charge is 0.253 e. The zero-order chi connectivity index (χ0) is 14.7. The lowest BCUT2D eigenvalue weighted by Crippen LogP contribution is -2.26. The van der Waals surface area contributed by atoms with Gasteiger partial charge in [-0.05, 0) is 44.2 Å². The van der Waals surface area contributed by atoms with Gasteiger partial charge in [-0.25, -0.2) is 0 Å². The minimum atomic E-state index is -0.129. The third kappa shape index (κ3) is 3.32. The summed E-state index contributed by atoms with van der Waals surface area (Å²) in [7, 11) is 1.78. The number of thiophene rings is 1. The molecule has 2 N–H and O–H groups in total. The Bertz CT molecular complexity index is 624. The normalized spacial score (nSPS) is 12.0. The van der Waals surface area contributed by atoms with Gasteiger partial charge < -0.3 is 10.6 Å². The van der Waals surface area contributed by atoms with Crippen LogP contribution in [0.15, 0.2) is 30.3 Å². The van der Waals surface area contributed by atoms with E-state index in [4.69, 9.17) is 11.6 Å². The van der Waals surface area contributed by atoms with E-state index in [1.165, 1.54) is 4.88 Å². The molecule has 106 valence electrons. The Hall–Kier alpha value is -1.52. The van der Waals surface area contributed by atoms with Crippen molar-refractivity contribution >= 4 is 34.5 Å². The third-order valence-electron chi connectivity index (χ3n) is 3.03. The van der Waals surface area contributed by atoms with E-state index < -0.39 is 0 Å². The summed E-state index contributed by atoms with van der Waals surface area (Å²) in [6.45, 7) is 4.03. The summed E-state index contributed by atoms with van der Waals surface area (Å²) in [6.07, 6.45) is 0. The highest BCUT2D eigenvalue weighted by Crippen LogP contribution is 2.24. The van der Waals surface area contributed by atoms with Crippen molar-refractivity contribution in [3.63, 3.8) is 0 Å². The molecule has 2 rings (SSSR count). The van der Waals surface area contributed by atoms with E-state index in [0.29, 0.717) is 10.6 Å². The van der Waals surface area contributed by atoms with E-state index in [1.807, 2.05) is 13.0 Å². The molecule has 0 aliphatic rings. The fourth-order valence-electron chi connectivity index (χ4n) is 1.95. The van der Waals surface area contributed by atoms with Crippen molar-refractivity contribution in [1.29, 1.82) is 0 Å². The van der Waals surface area contributed by atoms with Crippen LogP contribution in [0.3, 0.4) is 0 Å². The lowest BCUT2D eigenvalue weighted by atomic mass is 10.1. The van der Waals surface area contributed by atoms with Crippen LogP contribution in [0.25, 0.3) is 0 Å². The van der Waals surface area contributed by atoms with Gasteiger partial charge in [0.1, 0.15) is 0 Å². The number of aryl methyl sites for hydroxylation is 1. The van der Waals surface area contributed by atoms with E-state index in [2.05, 4.69) is 23.6 Å². The van der Waals surface area contributed by atoms with Crippen LogP contribution in [0.5, 0.6) is 0 Å². The molecule has 1 atom stereocenters. The quantitative estimate of drug-likeness (QED) is 0.887. The fraction of sp³-hybridized carbons (Fsp3) is 0.267. The Balaban J connectivity index is 2.18. The molecule has 3 nitrogen and oxygen atoms in total. The van der Waals surface area contributed by atoms with Gasteiger partial charge in [0.05, 0.1) is 11.6 Å². The number of carbonyl (C=O) groups is 1. The van der Waals surface area contributed by atoms with Gasteiger partial charge in [-0.15, -0.1) is 11.3 Å². The average molecular weight is 309 g/mol. The summed E-state index contributed by atoms with van der Waals surface area (Å²) in [5.74, 6) is -0.129. The van der Waals surface area contributed by atoms with E-state index in [1.54, 1.807) is 36.6 Å². The Morgan fingerprint density at radius 2 is 2.05 bits per heavy atom. The molecule has 1 unspecified atom stereocenters. The predicted molar refractivity (Wildman–Crippen MR) is 85.9 cm³/mol. The van der Waals surface area contributed by atoms with Crippen LogP contribution in [0.1, 0.15) is 33.1 Å². The second-order valence-electron chi connectivity index (χ2n) is 4.58. The van der Waals surface area contributed by atoms with Crippen LogP contribution >= 0.6 is 22.9 Å². The third-order valence-corrected chi connectivity index (χ3v) is 4.45. The predicted octanol–water partition coefficient (Wildman–Crippen LogP) is 4.24. The zero-order valence-corrected chi connectivity index (χ0v) is 13.2. The van der Waals surface area contributed by atoms with Crippen molar-refractivity contribution < 1.29 is 4.79 Å². The van der Waals surface area contributed by atoms with Crippen molar-refractivity contribution in [1.82, 2.24) is 5.32 Å². The van der Waals surface area contributed by atoms with Crippen LogP contribution in [0, 0.1) is 6.92 Å². The molecule has 0 aliphatic carbocycles. The highest BCUT2D eigenvalue weighted by Gasteiger charge is 2.15. The molecule has 0 aliphatic heterocycles. The minimum absolute atomic E-state index is 0.0233. The number of amides is 1. The van der Waals surface area contributed by atoms with Crippen LogP contribution in [-0.2, 0) is 0 Å². The highest BCUT2D eigenvalue weighted by atomic mass is 35.5. The number of hydrogen-bond acceptors (Lipinski definition) is 3. The molecule has 1 heterocycles. The van der Waals surface area contributed by atoms with Crippen molar-refractivity contribution in [2.24, 2.45) is 0 Å². The number of rotatable bonds is 4. The van der Waals surface area contributed by atoms with Gasteiger partial charge in [0.2, 0.25) is 0 Å². The van der Waals surface area contributed by atoms with Gasteiger partial charge >= 0.3 is 0 Å². The van der Waals surface area contributed by atoms with Crippen molar-refractivity contribution in [3.8, 4) is 0 Å². The maximum atomic E-state index is 12.4. The van der Waals surface area contributed by atoms with Gasteiger partial charge in [-0.1, -0.05) is 11.6 Å². The molecule has 1 aromatic heterocycles. The van der Waals surface area contributed by atoms with Crippen LogP contribution < -0.4 is 10.6 Å². The van der Waals surface area contributed by atoms with Crippen molar-refractivity contribution in [2.45, 2.75) is 19.9 Å². The average Bonchev–Trinajstić information content (AvgIpc) is 2.85. The molecule has 0 bridgehead atoms. The van der Waals surface area contributed by atoms with Gasteiger partial charge in [-0.2, -0.15) is 0 Å². The van der Waals surface area contributed by atoms with E-state index in [9.17, 15) is 4.79 Å². The second-order valence-corrected chi connectivity index (χ2v) is 6.34. The molecule has 0 saturated heterocycles. The molecule has 20 heavy (non-hydrogen) atoms. The van der Waals surface area contributed by atoms with Crippen molar-refractivity contribution in [3.05, 3.63) is 50.7 Å². The summed E-state index contributed by atoms with van der Waals surface area (Å²) in [6, 6.07) is 9.32. The Morgan fingerprint density at radius 3 is 2.65 bits per heavy atom. The van der Waals surface area contributed by atoms with Crippen LogP contribution in [0.2, 0.25) is 5.02 Å². The fourth-order valence-corrected chi connectivity index (χ4v) is 3.01. The lowest BCUT2D eigenvalue weighted by molar-refractivity contribution is 0.0941. The maximum absolute atomic E-state index is 12.4. The number of halogens is 1. The Morgan fingerprint density at radius 1 is 1.30 bits per heavy atom. The number of benzene rings is 1. The number of nitrogens with one attached hydrogen (secondary N) is 2. The Kier molecular flexibility index (Phi) is 4.68. The highest BCUT2D eigenvalue weighted by molar-refractivity contribution is 7.12. The summed E-state index contributed by atoms with van der Waals surface area (Å²) in [4.78, 5) is 14.7. The van der Waals surface area contributed by atoms with Gasteiger partial charge in [0.15, 0.2) is 0 Å². The van der Waals surface area contributed by atoms with E-state index in [0.717, 1.165) is 10.6 Å². The molecule has 0 spiro atoms. The first-order valence-corrected chi connectivity index (χ1v) is 7.55. The monoisotopic (exact) mass is 308 g/mol. The molecule has 5 heteroatoms. The zero-order valence-electron chi connectivity index (χ0n) is 11.7. The first-order chi connectivity index (χ1) is 9.51. The first-order valence-electron chi connectivity index (χ1n) is 6.35. The Labute approximate surface area is 128 Å². The number of anilines is 1. The SMILES string of the molecule is CNc1ccc(Cl)cc1C(=O)NC(C)c1ccc(C)s1. The largest absolute Gasteiger partial charge is 0.387 e. The summed E-state index contributed by atoms with van der Waals surface area (Å²) < 4.78 is 0. The topological polar surface area (TPSA) is 41.1 Å². The van der Waals surface area contributed by atoms with Gasteiger partial charge in [0, 0.05) is 27.5 Å². The molecule has 0 saturated carbocycles. The van der Waals surface area contributed by atoms with Gasteiger partial charge in [0.25, 0.3) is 5.91 Å². The second kappa shape index (κ2) is 6.29. The standard InChI is InChI=1S/C15H17ClN2OS/c1-9-4-7-14(20-9)10(2)18-15(19)12-8-11(16)5-6-13(12)17-3/h4-8,10,17H,1-3H3,(H,18,19).